The van der Waals surface area contributed by atoms with Crippen LogP contribution in [0.4, 0.5) is 0 Å². The minimum Gasteiger partial charge on any atom is -0.483 e. The van der Waals surface area contributed by atoms with Crippen molar-refractivity contribution in [1.82, 2.24) is 20.4 Å². The van der Waals surface area contributed by atoms with Gasteiger partial charge in [0, 0.05) is 32.9 Å². The first-order valence-corrected chi connectivity index (χ1v) is 9.99. The number of carbonyl (C=O) groups is 3. The van der Waals surface area contributed by atoms with Crippen LogP contribution in [0.25, 0.3) is 0 Å². The highest BCUT2D eigenvalue weighted by atomic mass is 16.5. The van der Waals surface area contributed by atoms with Crippen molar-refractivity contribution in [1.29, 1.82) is 0 Å². The smallest absolute Gasteiger partial charge is 0.311 e. The number of likely N-dealkylation sites (tertiary alicyclic amines) is 1. The Morgan fingerprint density at radius 3 is 2.47 bits per heavy atom. The van der Waals surface area contributed by atoms with E-state index >= 15 is 0 Å². The summed E-state index contributed by atoms with van der Waals surface area (Å²) in [5, 5.41) is 28.2. The molecule has 1 aromatic rings. The number of aliphatic hydroxyl groups is 1. The number of hydrogen-bond acceptors (Lipinski definition) is 8. The standard InChI is InChI=1S/C18H28N4O5.CH2O2/c1-4-5-14(23)19-13-10-26-18(11-17(13,3)25)6-8-22(9-7-18)16(24)15-21-20-12(2)27-15;2-1-3/h13,25H,4-11H2,1-3H3,(H,19,23);1H,(H,2,3)/t13-,17-;/m0./s1. The third-order valence-electron chi connectivity index (χ3n) is 5.47. The van der Waals surface area contributed by atoms with Crippen molar-refractivity contribution in [3.63, 3.8) is 0 Å². The molecule has 3 heterocycles. The predicted molar refractivity (Wildman–Crippen MR) is 104 cm³/mol. The van der Waals surface area contributed by atoms with Gasteiger partial charge in [0.15, 0.2) is 0 Å². The lowest BCUT2D eigenvalue weighted by molar-refractivity contribution is -0.187. The second-order valence-corrected chi connectivity index (χ2v) is 7.92. The molecule has 2 fully saturated rings. The van der Waals surface area contributed by atoms with Gasteiger partial charge in [-0.2, -0.15) is 0 Å². The lowest BCUT2D eigenvalue weighted by Gasteiger charge is -2.51. The van der Waals surface area contributed by atoms with Crippen LogP contribution in [0.15, 0.2) is 4.42 Å². The molecule has 11 heteroatoms. The van der Waals surface area contributed by atoms with Crippen molar-refractivity contribution in [3.8, 4) is 0 Å². The number of amides is 2. The number of piperidine rings is 1. The Morgan fingerprint density at radius 1 is 1.33 bits per heavy atom. The molecule has 2 atom stereocenters. The molecule has 2 saturated heterocycles. The molecule has 0 aromatic carbocycles. The minimum atomic E-state index is -1.06. The van der Waals surface area contributed by atoms with Gasteiger partial charge in [-0.1, -0.05) is 6.92 Å². The van der Waals surface area contributed by atoms with Gasteiger partial charge in [-0.05, 0) is 26.2 Å². The Labute approximate surface area is 174 Å². The molecule has 0 bridgehead atoms. The molecule has 3 rings (SSSR count). The van der Waals surface area contributed by atoms with Gasteiger partial charge >= 0.3 is 11.8 Å². The summed E-state index contributed by atoms with van der Waals surface area (Å²) in [6.07, 6.45) is 2.83. The first-order valence-electron chi connectivity index (χ1n) is 9.99. The molecular formula is C19H30N4O7. The van der Waals surface area contributed by atoms with E-state index in [-0.39, 0.29) is 30.8 Å². The van der Waals surface area contributed by atoms with E-state index in [1.165, 1.54) is 0 Å². The van der Waals surface area contributed by atoms with Gasteiger partial charge in [0.1, 0.15) is 0 Å². The predicted octanol–water partition coefficient (Wildman–Crippen LogP) is 0.510. The van der Waals surface area contributed by atoms with E-state index in [1.807, 2.05) is 6.92 Å². The molecule has 1 aromatic heterocycles. The monoisotopic (exact) mass is 426 g/mol. The number of hydrogen-bond donors (Lipinski definition) is 3. The zero-order valence-electron chi connectivity index (χ0n) is 17.6. The number of ether oxygens (including phenoxy) is 1. The number of carbonyl (C=O) groups excluding carboxylic acids is 2. The molecule has 3 N–H and O–H groups in total. The lowest BCUT2D eigenvalue weighted by atomic mass is 9.75. The zero-order valence-corrected chi connectivity index (χ0v) is 17.6. The van der Waals surface area contributed by atoms with Crippen molar-refractivity contribution >= 4 is 18.3 Å². The number of aromatic nitrogens is 2. The fourth-order valence-corrected chi connectivity index (χ4v) is 3.91. The zero-order chi connectivity index (χ0) is 22.4. The third-order valence-corrected chi connectivity index (χ3v) is 5.47. The van der Waals surface area contributed by atoms with Gasteiger partial charge in [-0.15, -0.1) is 10.2 Å². The SMILES string of the molecule is CCCC(=O)N[C@H]1COC2(CCN(C(=O)c3nnc(C)o3)CC2)C[C@]1(C)O.O=CO. The fraction of sp³-hybridized carbons (Fsp3) is 0.737. The average molecular weight is 426 g/mol. The second-order valence-electron chi connectivity index (χ2n) is 7.92. The fourth-order valence-electron chi connectivity index (χ4n) is 3.91. The number of nitrogens with zero attached hydrogens (tertiary/aromatic N) is 3. The third kappa shape index (κ3) is 5.76. The highest BCUT2D eigenvalue weighted by Crippen LogP contribution is 2.39. The molecular weight excluding hydrogens is 396 g/mol. The molecule has 11 nitrogen and oxygen atoms in total. The van der Waals surface area contributed by atoms with E-state index in [1.54, 1.807) is 18.7 Å². The molecule has 0 unspecified atom stereocenters. The van der Waals surface area contributed by atoms with E-state index in [9.17, 15) is 14.7 Å². The molecule has 168 valence electrons. The topological polar surface area (TPSA) is 155 Å². The van der Waals surface area contributed by atoms with Gasteiger partial charge < -0.3 is 29.6 Å². The molecule has 0 saturated carbocycles. The molecule has 2 aliphatic heterocycles. The minimum absolute atomic E-state index is 0.00119. The van der Waals surface area contributed by atoms with Gasteiger partial charge in [-0.3, -0.25) is 14.4 Å². The summed E-state index contributed by atoms with van der Waals surface area (Å²) in [5.74, 6) is 0.00341. The largest absolute Gasteiger partial charge is 0.483 e. The van der Waals surface area contributed by atoms with E-state index in [0.29, 0.717) is 44.7 Å². The highest BCUT2D eigenvalue weighted by molar-refractivity contribution is 5.89. The van der Waals surface area contributed by atoms with Gasteiger partial charge in [-0.25, -0.2) is 0 Å². The first-order chi connectivity index (χ1) is 14.2. The normalized spacial score (nSPS) is 25.2. The molecule has 2 amide bonds. The number of nitrogens with one attached hydrogen (secondary N) is 1. The van der Waals surface area contributed by atoms with E-state index < -0.39 is 17.2 Å². The quantitative estimate of drug-likeness (QED) is 0.584. The van der Waals surface area contributed by atoms with Crippen LogP contribution in [-0.2, 0) is 14.3 Å². The Hall–Kier alpha value is -2.53. The maximum absolute atomic E-state index is 12.4. The van der Waals surface area contributed by atoms with Crippen LogP contribution in [0.2, 0.25) is 0 Å². The summed E-state index contributed by atoms with van der Waals surface area (Å²) in [6, 6.07) is -0.428. The van der Waals surface area contributed by atoms with Gasteiger partial charge in [0.05, 0.1) is 23.9 Å². The van der Waals surface area contributed by atoms with Crippen molar-refractivity contribution in [2.45, 2.75) is 70.1 Å². The van der Waals surface area contributed by atoms with Crippen molar-refractivity contribution < 1.29 is 33.8 Å². The van der Waals surface area contributed by atoms with Gasteiger partial charge in [0.2, 0.25) is 11.8 Å². The molecule has 0 aliphatic carbocycles. The molecule has 1 spiro atoms. The van der Waals surface area contributed by atoms with Crippen LogP contribution in [0.3, 0.4) is 0 Å². The first kappa shape index (κ1) is 23.7. The summed E-state index contributed by atoms with van der Waals surface area (Å²) in [6.45, 7) is 6.32. The Bertz CT molecular complexity index is 741. The summed E-state index contributed by atoms with van der Waals surface area (Å²) in [7, 11) is 0. The summed E-state index contributed by atoms with van der Waals surface area (Å²) in [4.78, 5) is 34.4. The second kappa shape index (κ2) is 9.98. The Balaban J connectivity index is 0.00000101. The summed E-state index contributed by atoms with van der Waals surface area (Å²) < 4.78 is 11.3. The van der Waals surface area contributed by atoms with Crippen molar-refractivity contribution in [2.24, 2.45) is 0 Å². The summed E-state index contributed by atoms with van der Waals surface area (Å²) in [5.41, 5.74) is -1.55. The van der Waals surface area contributed by atoms with Crippen LogP contribution in [0, 0.1) is 6.92 Å². The Kier molecular flexibility index (Phi) is 7.90. The maximum atomic E-state index is 12.4. The van der Waals surface area contributed by atoms with Crippen LogP contribution in [0.1, 0.15) is 62.5 Å². The molecule has 30 heavy (non-hydrogen) atoms. The van der Waals surface area contributed by atoms with Crippen LogP contribution >= 0.6 is 0 Å². The highest BCUT2D eigenvalue weighted by Gasteiger charge is 2.50. The number of aryl methyl sites for hydroxylation is 1. The Morgan fingerprint density at radius 2 is 1.97 bits per heavy atom. The lowest BCUT2D eigenvalue weighted by Crippen LogP contribution is -2.64. The average Bonchev–Trinajstić information content (AvgIpc) is 3.11. The molecule has 0 radical (unpaired) electrons. The van der Waals surface area contributed by atoms with E-state index in [2.05, 4.69) is 15.5 Å². The number of carboxylic acid groups (broad SMARTS) is 1. The van der Waals surface area contributed by atoms with Gasteiger partial charge in [0.25, 0.3) is 6.47 Å². The van der Waals surface area contributed by atoms with Crippen molar-refractivity contribution in [2.75, 3.05) is 19.7 Å². The van der Waals surface area contributed by atoms with E-state index in [0.717, 1.165) is 6.42 Å². The van der Waals surface area contributed by atoms with E-state index in [4.69, 9.17) is 19.1 Å². The number of rotatable bonds is 4. The summed E-state index contributed by atoms with van der Waals surface area (Å²) >= 11 is 0. The van der Waals surface area contributed by atoms with Crippen LogP contribution in [-0.4, -0.2) is 80.5 Å². The van der Waals surface area contributed by atoms with Crippen molar-refractivity contribution in [3.05, 3.63) is 11.8 Å². The maximum Gasteiger partial charge on any atom is 0.311 e. The van der Waals surface area contributed by atoms with Crippen LogP contribution in [0.5, 0.6) is 0 Å². The molecule has 2 aliphatic rings. The van der Waals surface area contributed by atoms with Crippen LogP contribution < -0.4 is 5.32 Å².